The van der Waals surface area contributed by atoms with Gasteiger partial charge in [0, 0.05) is 16.1 Å². The van der Waals surface area contributed by atoms with Gasteiger partial charge in [-0.3, -0.25) is 9.59 Å². The Hall–Kier alpha value is -2.88. The van der Waals surface area contributed by atoms with Crippen molar-refractivity contribution in [2.24, 2.45) is 0 Å². The van der Waals surface area contributed by atoms with Gasteiger partial charge < -0.3 is 9.87 Å². The summed E-state index contributed by atoms with van der Waals surface area (Å²) >= 11 is 11.5. The standard InChI is InChI=1S/C26H20Cl2N2O4S2/c1-15(36(33)34)17-11-9-16(10-12-17)13-22(31)29-26-30-23(18-5-4-6-19(27)14-18)25(35-26)24(32)20-7-2-3-8-21(20)28/h2-12,14-15H,13H2,1H3,(H,33,34)(H,29,30,31). The summed E-state index contributed by atoms with van der Waals surface area (Å²) in [6.07, 6.45) is 0.0662. The van der Waals surface area contributed by atoms with Crippen LogP contribution in [0.25, 0.3) is 11.3 Å². The summed E-state index contributed by atoms with van der Waals surface area (Å²) in [6.45, 7) is 1.65. The number of hydrogen-bond acceptors (Lipinski definition) is 5. The lowest BCUT2D eigenvalue weighted by atomic mass is 10.1. The highest BCUT2D eigenvalue weighted by atomic mass is 35.5. The molecular weight excluding hydrogens is 539 g/mol. The van der Waals surface area contributed by atoms with Crippen LogP contribution in [0, 0.1) is 0 Å². The predicted octanol–water partition coefficient (Wildman–Crippen LogP) is 6.81. The van der Waals surface area contributed by atoms with E-state index < -0.39 is 16.3 Å². The number of carbonyl (C=O) groups excluding carboxylic acids is 2. The van der Waals surface area contributed by atoms with Gasteiger partial charge in [-0.2, -0.15) is 0 Å². The molecule has 0 aliphatic heterocycles. The molecule has 2 atom stereocenters. The average Bonchev–Trinajstić information content (AvgIpc) is 3.27. The van der Waals surface area contributed by atoms with Crippen molar-refractivity contribution in [3.05, 3.63) is 104 Å². The van der Waals surface area contributed by atoms with Crippen molar-refractivity contribution in [1.82, 2.24) is 4.98 Å². The van der Waals surface area contributed by atoms with Crippen LogP contribution >= 0.6 is 34.5 Å². The molecule has 4 aromatic rings. The van der Waals surface area contributed by atoms with Gasteiger partial charge in [0.2, 0.25) is 11.7 Å². The first-order valence-corrected chi connectivity index (χ1v) is 13.5. The van der Waals surface area contributed by atoms with Crippen molar-refractivity contribution in [1.29, 1.82) is 0 Å². The van der Waals surface area contributed by atoms with Gasteiger partial charge in [0.1, 0.15) is 4.88 Å². The fourth-order valence-corrected chi connectivity index (χ4v) is 5.26. The number of anilines is 1. The zero-order valence-corrected chi connectivity index (χ0v) is 22.0. The molecule has 2 unspecified atom stereocenters. The summed E-state index contributed by atoms with van der Waals surface area (Å²) in [7, 11) is 0. The SMILES string of the molecule is CC(c1ccc(CC(=O)Nc2nc(-c3cccc(Cl)c3)c(C(=O)c3ccccc3Cl)s2)cc1)S(=O)O. The number of nitrogens with zero attached hydrogens (tertiary/aromatic N) is 1. The number of rotatable bonds is 8. The maximum Gasteiger partial charge on any atom is 0.230 e. The Labute approximate surface area is 224 Å². The minimum absolute atomic E-state index is 0.0662. The molecule has 1 amide bonds. The number of carbonyl (C=O) groups is 2. The summed E-state index contributed by atoms with van der Waals surface area (Å²) in [5, 5.41) is 3.33. The van der Waals surface area contributed by atoms with E-state index in [1.807, 2.05) is 0 Å². The van der Waals surface area contributed by atoms with E-state index in [2.05, 4.69) is 10.3 Å². The summed E-state index contributed by atoms with van der Waals surface area (Å²) in [4.78, 5) is 31.0. The van der Waals surface area contributed by atoms with Gasteiger partial charge >= 0.3 is 0 Å². The molecule has 36 heavy (non-hydrogen) atoms. The number of ketones is 1. The van der Waals surface area contributed by atoms with Gasteiger partial charge in [0.15, 0.2) is 16.2 Å². The highest BCUT2D eigenvalue weighted by Gasteiger charge is 2.23. The van der Waals surface area contributed by atoms with Crippen molar-refractivity contribution < 1.29 is 18.4 Å². The average molecular weight is 559 g/mol. The van der Waals surface area contributed by atoms with E-state index in [-0.39, 0.29) is 23.2 Å². The van der Waals surface area contributed by atoms with Gasteiger partial charge in [-0.15, -0.1) is 0 Å². The summed E-state index contributed by atoms with van der Waals surface area (Å²) in [5.74, 6) is -0.621. The predicted molar refractivity (Wildman–Crippen MR) is 145 cm³/mol. The molecule has 0 saturated heterocycles. The third-order valence-electron chi connectivity index (χ3n) is 5.41. The lowest BCUT2D eigenvalue weighted by Gasteiger charge is -2.08. The van der Waals surface area contributed by atoms with Crippen LogP contribution in [0.3, 0.4) is 0 Å². The Morgan fingerprint density at radius 1 is 1.06 bits per heavy atom. The fraction of sp³-hybridized carbons (Fsp3) is 0.115. The molecule has 3 aromatic carbocycles. The Balaban J connectivity index is 1.60. The zero-order chi connectivity index (χ0) is 25.8. The smallest absolute Gasteiger partial charge is 0.230 e. The van der Waals surface area contributed by atoms with Crippen molar-refractivity contribution in [3.8, 4) is 11.3 Å². The lowest BCUT2D eigenvalue weighted by molar-refractivity contribution is -0.115. The van der Waals surface area contributed by atoms with Gasteiger partial charge in [-0.1, -0.05) is 83.1 Å². The number of thiazole rings is 1. The first-order valence-electron chi connectivity index (χ1n) is 10.8. The highest BCUT2D eigenvalue weighted by Crippen LogP contribution is 2.35. The van der Waals surface area contributed by atoms with Crippen molar-refractivity contribution >= 4 is 62.4 Å². The summed E-state index contributed by atoms with van der Waals surface area (Å²) in [6, 6.07) is 20.7. The third-order valence-corrected chi connectivity index (χ3v) is 7.82. The molecule has 1 heterocycles. The van der Waals surface area contributed by atoms with E-state index in [0.717, 1.165) is 16.9 Å². The maximum absolute atomic E-state index is 13.4. The summed E-state index contributed by atoms with van der Waals surface area (Å²) in [5.41, 5.74) is 2.81. The molecule has 0 aliphatic rings. The fourth-order valence-electron chi connectivity index (χ4n) is 3.50. The van der Waals surface area contributed by atoms with E-state index in [4.69, 9.17) is 23.2 Å². The molecule has 0 aliphatic carbocycles. The molecule has 2 N–H and O–H groups in total. The molecule has 0 fully saturated rings. The van der Waals surface area contributed by atoms with Gasteiger partial charge in [-0.25, -0.2) is 9.19 Å². The summed E-state index contributed by atoms with van der Waals surface area (Å²) < 4.78 is 20.5. The van der Waals surface area contributed by atoms with E-state index in [0.29, 0.717) is 37.3 Å². The molecule has 6 nitrogen and oxygen atoms in total. The van der Waals surface area contributed by atoms with Crippen LogP contribution < -0.4 is 5.32 Å². The second-order valence-corrected chi connectivity index (χ2v) is 11.0. The second kappa shape index (κ2) is 11.5. The third kappa shape index (κ3) is 6.08. The molecule has 0 spiro atoms. The largest absolute Gasteiger partial charge is 0.306 e. The zero-order valence-electron chi connectivity index (χ0n) is 18.9. The van der Waals surface area contributed by atoms with Crippen LogP contribution in [0.1, 0.15) is 38.5 Å². The van der Waals surface area contributed by atoms with E-state index in [9.17, 15) is 18.4 Å². The molecule has 4 rings (SSSR count). The first kappa shape index (κ1) is 26.2. The van der Waals surface area contributed by atoms with Gasteiger partial charge in [-0.05, 0) is 42.3 Å². The Morgan fingerprint density at radius 3 is 2.44 bits per heavy atom. The number of nitrogens with one attached hydrogen (secondary N) is 1. The van der Waals surface area contributed by atoms with Crippen molar-refractivity contribution in [2.75, 3.05) is 5.32 Å². The van der Waals surface area contributed by atoms with Crippen LogP contribution in [-0.2, 0) is 22.3 Å². The number of halogens is 2. The number of amides is 1. The van der Waals surface area contributed by atoms with Crippen LogP contribution in [0.2, 0.25) is 10.0 Å². The first-order chi connectivity index (χ1) is 17.2. The maximum atomic E-state index is 13.4. The molecule has 184 valence electrons. The van der Waals surface area contributed by atoms with E-state index >= 15 is 0 Å². The molecular formula is C26H20Cl2N2O4S2. The van der Waals surface area contributed by atoms with Crippen LogP contribution in [0.5, 0.6) is 0 Å². The normalized spacial score (nSPS) is 12.7. The topological polar surface area (TPSA) is 96.4 Å². The number of hydrogen-bond donors (Lipinski definition) is 2. The Kier molecular flexibility index (Phi) is 8.33. The Morgan fingerprint density at radius 2 is 1.78 bits per heavy atom. The van der Waals surface area contributed by atoms with Crippen LogP contribution in [-0.4, -0.2) is 25.4 Å². The highest BCUT2D eigenvalue weighted by molar-refractivity contribution is 7.79. The Bertz CT molecular complexity index is 1450. The lowest BCUT2D eigenvalue weighted by Crippen LogP contribution is -2.14. The molecule has 0 saturated carbocycles. The number of benzene rings is 3. The number of aromatic nitrogens is 1. The van der Waals surface area contributed by atoms with Crippen LogP contribution in [0.15, 0.2) is 72.8 Å². The molecule has 0 bridgehead atoms. The quantitative estimate of drug-likeness (QED) is 0.183. The molecule has 10 heteroatoms. The van der Waals surface area contributed by atoms with Crippen molar-refractivity contribution in [2.45, 2.75) is 18.6 Å². The monoisotopic (exact) mass is 558 g/mol. The van der Waals surface area contributed by atoms with Gasteiger partial charge in [0.05, 0.1) is 22.4 Å². The second-order valence-electron chi connectivity index (χ2n) is 7.90. The van der Waals surface area contributed by atoms with Crippen molar-refractivity contribution in [3.63, 3.8) is 0 Å². The molecule has 1 aromatic heterocycles. The van der Waals surface area contributed by atoms with E-state index in [1.54, 1.807) is 79.7 Å². The van der Waals surface area contributed by atoms with Gasteiger partial charge in [0.25, 0.3) is 0 Å². The van der Waals surface area contributed by atoms with E-state index in [1.165, 1.54) is 0 Å². The minimum Gasteiger partial charge on any atom is -0.306 e. The molecule has 0 radical (unpaired) electrons. The van der Waals surface area contributed by atoms with Crippen LogP contribution in [0.4, 0.5) is 5.13 Å². The minimum atomic E-state index is -1.97.